The average molecular weight is 320 g/mol. The first-order valence-electron chi connectivity index (χ1n) is 8.03. The normalized spacial score (nSPS) is 25.5. The van der Waals surface area contributed by atoms with Crippen LogP contribution in [0.2, 0.25) is 0 Å². The molecule has 2 aliphatic rings. The molecule has 1 saturated heterocycles. The second-order valence-corrected chi connectivity index (χ2v) is 6.88. The highest BCUT2D eigenvalue weighted by Crippen LogP contribution is 2.24. The zero-order chi connectivity index (χ0) is 15.7. The van der Waals surface area contributed by atoms with E-state index in [2.05, 4.69) is 22.9 Å². The maximum absolute atomic E-state index is 12.9. The standard InChI is InChI=1S/C16H24N4OS/c1-10-7-14(17)19-13-9-18-12(8-11(10)13)16(21)20-6-4-2-3-5-15(20)22/h7,12,15,18,22H,2-6,8-9H2,1H3,(H2,17,19). The summed E-state index contributed by atoms with van der Waals surface area (Å²) in [6.07, 6.45) is 5.08. The number of thiol groups is 1. The molecule has 120 valence electrons. The highest BCUT2D eigenvalue weighted by Gasteiger charge is 2.32. The molecule has 0 spiro atoms. The molecule has 5 nitrogen and oxygen atoms in total. The number of likely N-dealkylation sites (tertiary alicyclic amines) is 1. The molecule has 0 saturated carbocycles. The Hall–Kier alpha value is -1.27. The minimum Gasteiger partial charge on any atom is -0.384 e. The predicted molar refractivity (Wildman–Crippen MR) is 90.7 cm³/mol. The van der Waals surface area contributed by atoms with E-state index in [1.807, 2.05) is 17.9 Å². The van der Waals surface area contributed by atoms with Gasteiger partial charge in [0.25, 0.3) is 0 Å². The summed E-state index contributed by atoms with van der Waals surface area (Å²) < 4.78 is 0. The van der Waals surface area contributed by atoms with Crippen LogP contribution in [0.5, 0.6) is 0 Å². The van der Waals surface area contributed by atoms with Crippen LogP contribution < -0.4 is 11.1 Å². The molecule has 0 radical (unpaired) electrons. The van der Waals surface area contributed by atoms with Crippen molar-refractivity contribution in [3.8, 4) is 0 Å². The molecule has 2 aliphatic heterocycles. The summed E-state index contributed by atoms with van der Waals surface area (Å²) in [6.45, 7) is 3.46. The molecular formula is C16H24N4OS. The van der Waals surface area contributed by atoms with Crippen LogP contribution in [0.15, 0.2) is 6.07 Å². The van der Waals surface area contributed by atoms with E-state index in [1.54, 1.807) is 0 Å². The molecule has 3 heterocycles. The van der Waals surface area contributed by atoms with Gasteiger partial charge in [0.2, 0.25) is 5.91 Å². The van der Waals surface area contributed by atoms with Crippen molar-refractivity contribution in [1.82, 2.24) is 15.2 Å². The maximum Gasteiger partial charge on any atom is 0.240 e. The highest BCUT2D eigenvalue weighted by molar-refractivity contribution is 7.80. The number of amides is 1. The molecule has 1 amide bonds. The Morgan fingerprint density at radius 2 is 2.27 bits per heavy atom. The number of nitrogen functional groups attached to an aromatic ring is 1. The zero-order valence-corrected chi connectivity index (χ0v) is 13.9. The van der Waals surface area contributed by atoms with Gasteiger partial charge in [-0.1, -0.05) is 12.8 Å². The van der Waals surface area contributed by atoms with E-state index in [9.17, 15) is 4.79 Å². The fourth-order valence-corrected chi connectivity index (χ4v) is 3.85. The summed E-state index contributed by atoms with van der Waals surface area (Å²) >= 11 is 4.62. The van der Waals surface area contributed by atoms with E-state index in [4.69, 9.17) is 5.73 Å². The molecule has 1 aromatic heterocycles. The molecule has 6 heteroatoms. The number of fused-ring (bicyclic) bond motifs is 1. The van der Waals surface area contributed by atoms with Crippen LogP contribution in [-0.2, 0) is 17.8 Å². The maximum atomic E-state index is 12.9. The lowest BCUT2D eigenvalue weighted by Gasteiger charge is -2.33. The second-order valence-electron chi connectivity index (χ2n) is 6.29. The molecule has 2 atom stereocenters. The number of hydrogen-bond donors (Lipinski definition) is 3. The largest absolute Gasteiger partial charge is 0.384 e. The van der Waals surface area contributed by atoms with Crippen LogP contribution in [0.1, 0.15) is 42.5 Å². The summed E-state index contributed by atoms with van der Waals surface area (Å²) in [5.74, 6) is 0.717. The van der Waals surface area contributed by atoms with Crippen molar-refractivity contribution in [2.75, 3.05) is 12.3 Å². The van der Waals surface area contributed by atoms with Crippen LogP contribution in [-0.4, -0.2) is 33.8 Å². The van der Waals surface area contributed by atoms with E-state index in [0.717, 1.165) is 42.6 Å². The average Bonchev–Trinajstić information content (AvgIpc) is 2.70. The van der Waals surface area contributed by atoms with E-state index >= 15 is 0 Å². The highest BCUT2D eigenvalue weighted by atomic mass is 32.1. The summed E-state index contributed by atoms with van der Waals surface area (Å²) in [5, 5.41) is 3.37. The lowest BCUT2D eigenvalue weighted by atomic mass is 9.95. The van der Waals surface area contributed by atoms with E-state index in [-0.39, 0.29) is 17.3 Å². The number of nitrogens with zero attached hydrogens (tertiary/aromatic N) is 2. The monoisotopic (exact) mass is 320 g/mol. The lowest BCUT2D eigenvalue weighted by Crippen LogP contribution is -2.51. The van der Waals surface area contributed by atoms with Crippen molar-refractivity contribution in [3.05, 3.63) is 22.9 Å². The van der Waals surface area contributed by atoms with Crippen LogP contribution in [0.25, 0.3) is 0 Å². The molecule has 3 rings (SSSR count). The van der Waals surface area contributed by atoms with Gasteiger partial charge in [0, 0.05) is 13.1 Å². The Morgan fingerprint density at radius 3 is 3.09 bits per heavy atom. The summed E-state index contributed by atoms with van der Waals surface area (Å²) in [5.41, 5.74) is 9.07. The van der Waals surface area contributed by atoms with Crippen molar-refractivity contribution in [2.24, 2.45) is 0 Å². The molecule has 2 unspecified atom stereocenters. The topological polar surface area (TPSA) is 71.2 Å². The number of anilines is 1. The molecule has 1 fully saturated rings. The van der Waals surface area contributed by atoms with Gasteiger partial charge in [-0.05, 0) is 43.4 Å². The Morgan fingerprint density at radius 1 is 1.45 bits per heavy atom. The molecule has 0 bridgehead atoms. The third-order valence-electron chi connectivity index (χ3n) is 4.68. The van der Waals surface area contributed by atoms with Crippen LogP contribution in [0, 0.1) is 6.92 Å². The third-order valence-corrected chi connectivity index (χ3v) is 5.22. The fraction of sp³-hybridized carbons (Fsp3) is 0.625. The number of aryl methyl sites for hydroxylation is 1. The molecule has 0 aromatic carbocycles. The zero-order valence-electron chi connectivity index (χ0n) is 13.0. The number of aromatic nitrogens is 1. The fourth-order valence-electron chi connectivity index (χ4n) is 3.44. The van der Waals surface area contributed by atoms with Gasteiger partial charge in [-0.25, -0.2) is 4.98 Å². The van der Waals surface area contributed by atoms with E-state index in [0.29, 0.717) is 18.8 Å². The summed E-state index contributed by atoms with van der Waals surface area (Å²) in [6, 6.07) is 1.71. The van der Waals surface area contributed by atoms with Gasteiger partial charge in [-0.2, -0.15) is 12.6 Å². The Balaban J connectivity index is 1.77. The molecule has 0 aliphatic carbocycles. The van der Waals surface area contributed by atoms with E-state index in [1.165, 1.54) is 6.42 Å². The molecular weight excluding hydrogens is 296 g/mol. The number of nitrogens with one attached hydrogen (secondary N) is 1. The summed E-state index contributed by atoms with van der Waals surface area (Å²) in [7, 11) is 0. The van der Waals surface area contributed by atoms with Crippen molar-refractivity contribution in [3.63, 3.8) is 0 Å². The van der Waals surface area contributed by atoms with Gasteiger partial charge in [0.05, 0.1) is 17.1 Å². The van der Waals surface area contributed by atoms with E-state index < -0.39 is 0 Å². The first-order chi connectivity index (χ1) is 10.6. The molecule has 3 N–H and O–H groups in total. The molecule has 1 aromatic rings. The smallest absolute Gasteiger partial charge is 0.240 e. The van der Waals surface area contributed by atoms with Gasteiger partial charge in [-0.15, -0.1) is 0 Å². The number of hydrogen-bond acceptors (Lipinski definition) is 5. The number of nitrogens with two attached hydrogens (primary N) is 1. The van der Waals surface area contributed by atoms with Crippen LogP contribution in [0.4, 0.5) is 5.82 Å². The summed E-state index contributed by atoms with van der Waals surface area (Å²) in [4.78, 5) is 19.2. The lowest BCUT2D eigenvalue weighted by molar-refractivity contribution is -0.134. The minimum atomic E-state index is -0.177. The van der Waals surface area contributed by atoms with Crippen LogP contribution in [0.3, 0.4) is 0 Å². The number of rotatable bonds is 1. The van der Waals surface area contributed by atoms with Crippen molar-refractivity contribution < 1.29 is 4.79 Å². The van der Waals surface area contributed by atoms with Crippen LogP contribution >= 0.6 is 12.6 Å². The SMILES string of the molecule is Cc1cc(N)nc2c1CC(C(=O)N1CCCCCC1S)NC2. The Bertz CT molecular complexity index is 578. The first kappa shape index (κ1) is 15.6. The first-order valence-corrected chi connectivity index (χ1v) is 8.54. The number of pyridine rings is 1. The van der Waals surface area contributed by atoms with Gasteiger partial charge in [0.1, 0.15) is 5.82 Å². The number of carbonyl (C=O) groups is 1. The Kier molecular flexibility index (Phi) is 4.59. The van der Waals surface area contributed by atoms with Gasteiger partial charge >= 0.3 is 0 Å². The Labute approximate surface area is 137 Å². The molecule has 22 heavy (non-hydrogen) atoms. The van der Waals surface area contributed by atoms with Gasteiger partial charge in [-0.3, -0.25) is 10.1 Å². The quantitative estimate of drug-likeness (QED) is 0.688. The van der Waals surface area contributed by atoms with Crippen molar-refractivity contribution >= 4 is 24.4 Å². The van der Waals surface area contributed by atoms with Gasteiger partial charge in [0.15, 0.2) is 0 Å². The number of carbonyl (C=O) groups excluding carboxylic acids is 1. The third kappa shape index (κ3) is 3.08. The minimum absolute atomic E-state index is 0.0452. The van der Waals surface area contributed by atoms with Gasteiger partial charge < -0.3 is 10.6 Å². The van der Waals surface area contributed by atoms with Crippen molar-refractivity contribution in [1.29, 1.82) is 0 Å². The predicted octanol–water partition coefficient (Wildman–Crippen LogP) is 1.65. The van der Waals surface area contributed by atoms with Crippen molar-refractivity contribution in [2.45, 2.75) is 57.0 Å². The second kappa shape index (κ2) is 6.46.